The number of likely N-dealkylation sites (tertiary alicyclic amines) is 1. The summed E-state index contributed by atoms with van der Waals surface area (Å²) in [5, 5.41) is 3.24. The van der Waals surface area contributed by atoms with Crippen molar-refractivity contribution in [1.82, 2.24) is 15.2 Å². The Morgan fingerprint density at radius 2 is 2.15 bits per heavy atom. The van der Waals surface area contributed by atoms with E-state index in [-0.39, 0.29) is 36.1 Å². The summed E-state index contributed by atoms with van der Waals surface area (Å²) >= 11 is 0. The van der Waals surface area contributed by atoms with Crippen molar-refractivity contribution in [3.8, 4) is 0 Å². The molecule has 1 aromatic heterocycles. The van der Waals surface area contributed by atoms with Crippen LogP contribution in [0.4, 0.5) is 10.6 Å². The van der Waals surface area contributed by atoms with Crippen LogP contribution in [-0.4, -0.2) is 61.8 Å². The van der Waals surface area contributed by atoms with Gasteiger partial charge in [-0.15, -0.1) is 24.0 Å². The molecule has 3 N–H and O–H groups in total. The summed E-state index contributed by atoms with van der Waals surface area (Å²) in [6.45, 7) is 4.02. The van der Waals surface area contributed by atoms with Crippen molar-refractivity contribution in [2.75, 3.05) is 38.7 Å². The monoisotopic (exact) mass is 476 g/mol. The van der Waals surface area contributed by atoms with Gasteiger partial charge in [-0.1, -0.05) is 6.07 Å². The predicted octanol–water partition coefficient (Wildman–Crippen LogP) is 1.79. The van der Waals surface area contributed by atoms with E-state index >= 15 is 0 Å². The number of piperidine rings is 1. The van der Waals surface area contributed by atoms with E-state index in [0.717, 1.165) is 24.2 Å². The van der Waals surface area contributed by atoms with Gasteiger partial charge in [-0.25, -0.2) is 14.8 Å². The van der Waals surface area contributed by atoms with Crippen LogP contribution in [-0.2, 0) is 11.3 Å². The van der Waals surface area contributed by atoms with E-state index in [2.05, 4.69) is 15.3 Å². The van der Waals surface area contributed by atoms with Gasteiger partial charge in [-0.05, 0) is 25.8 Å². The molecule has 2 heterocycles. The third kappa shape index (κ3) is 6.50. The lowest BCUT2D eigenvalue weighted by Gasteiger charge is -2.31. The van der Waals surface area contributed by atoms with E-state index in [0.29, 0.717) is 32.2 Å². The zero-order chi connectivity index (χ0) is 18.2. The molecule has 0 bridgehead atoms. The second-order valence-corrected chi connectivity index (χ2v) is 6.19. The molecule has 1 aromatic rings. The summed E-state index contributed by atoms with van der Waals surface area (Å²) in [4.78, 5) is 24.2. The topological polar surface area (TPSA) is 96.1 Å². The van der Waals surface area contributed by atoms with Crippen LogP contribution in [0.3, 0.4) is 0 Å². The largest absolute Gasteiger partial charge is 0.450 e. The number of hydrogen-bond donors (Lipinski definition) is 2. The molecule has 146 valence electrons. The van der Waals surface area contributed by atoms with Crippen molar-refractivity contribution in [3.63, 3.8) is 0 Å². The van der Waals surface area contributed by atoms with Crippen LogP contribution in [0.25, 0.3) is 0 Å². The number of guanidine groups is 1. The molecule has 26 heavy (non-hydrogen) atoms. The predicted molar refractivity (Wildman–Crippen MR) is 114 cm³/mol. The Kier molecular flexibility index (Phi) is 9.46. The second kappa shape index (κ2) is 11.0. The fraction of sp³-hybridized carbons (Fsp3) is 0.588. The van der Waals surface area contributed by atoms with Crippen LogP contribution in [0, 0.1) is 0 Å². The minimum atomic E-state index is -0.240. The Hall–Kier alpha value is -1.78. The zero-order valence-electron chi connectivity index (χ0n) is 15.6. The molecule has 1 amide bonds. The summed E-state index contributed by atoms with van der Waals surface area (Å²) in [7, 11) is 3.91. The Labute approximate surface area is 172 Å². The number of carbonyl (C=O) groups excluding carboxylic acids is 1. The number of rotatable bonds is 5. The molecule has 0 aromatic carbocycles. The molecule has 9 heteroatoms. The third-order valence-corrected chi connectivity index (χ3v) is 4.08. The summed E-state index contributed by atoms with van der Waals surface area (Å²) in [6, 6.07) is 4.11. The van der Waals surface area contributed by atoms with Gasteiger partial charge in [0, 0.05) is 45.0 Å². The van der Waals surface area contributed by atoms with Gasteiger partial charge in [0.2, 0.25) is 0 Å². The Morgan fingerprint density at radius 3 is 2.77 bits per heavy atom. The Morgan fingerprint density at radius 1 is 1.46 bits per heavy atom. The van der Waals surface area contributed by atoms with E-state index in [9.17, 15) is 4.79 Å². The highest BCUT2D eigenvalue weighted by Crippen LogP contribution is 2.15. The van der Waals surface area contributed by atoms with Crippen LogP contribution in [0.5, 0.6) is 0 Å². The normalized spacial score (nSPS) is 15.2. The maximum atomic E-state index is 11.7. The number of pyridine rings is 1. The standard InChI is InChI=1S/C17H28N6O2.HI/c1-4-25-17(24)23-10-7-14(8-11-23)21-16(18)20-12-13-6-5-9-19-15(13)22(2)3;/h5-6,9,14H,4,7-8,10-12H2,1-3H3,(H3,18,20,21);1H. The molecule has 2 rings (SSSR count). The molecular formula is C17H29IN6O2. The number of ether oxygens (including phenoxy) is 1. The molecular weight excluding hydrogens is 447 g/mol. The lowest BCUT2D eigenvalue weighted by atomic mass is 10.1. The number of anilines is 1. The molecule has 0 aliphatic carbocycles. The SMILES string of the molecule is CCOC(=O)N1CCC(NC(N)=NCc2cccnc2N(C)C)CC1.I. The summed E-state index contributed by atoms with van der Waals surface area (Å²) < 4.78 is 5.02. The molecule has 0 spiro atoms. The molecule has 0 unspecified atom stereocenters. The summed E-state index contributed by atoms with van der Waals surface area (Å²) in [6.07, 6.45) is 3.17. The van der Waals surface area contributed by atoms with Gasteiger partial charge in [0.05, 0.1) is 13.2 Å². The lowest BCUT2D eigenvalue weighted by Crippen LogP contribution is -2.48. The number of aliphatic imine (C=N–C) groups is 1. The van der Waals surface area contributed by atoms with Crippen molar-refractivity contribution in [2.45, 2.75) is 32.4 Å². The van der Waals surface area contributed by atoms with Crippen LogP contribution < -0.4 is 16.0 Å². The molecule has 0 radical (unpaired) electrons. The number of nitrogens with two attached hydrogens (primary N) is 1. The van der Waals surface area contributed by atoms with Crippen LogP contribution >= 0.6 is 24.0 Å². The van der Waals surface area contributed by atoms with E-state index in [1.165, 1.54) is 0 Å². The van der Waals surface area contributed by atoms with Crippen LogP contribution in [0.1, 0.15) is 25.3 Å². The van der Waals surface area contributed by atoms with Gasteiger partial charge < -0.3 is 25.6 Å². The van der Waals surface area contributed by atoms with E-state index in [4.69, 9.17) is 10.5 Å². The molecule has 1 aliphatic rings. The van der Waals surface area contributed by atoms with Crippen molar-refractivity contribution in [1.29, 1.82) is 0 Å². The van der Waals surface area contributed by atoms with Gasteiger partial charge in [-0.2, -0.15) is 0 Å². The Bertz CT molecular complexity index is 603. The number of nitrogens with one attached hydrogen (secondary N) is 1. The number of hydrogen-bond acceptors (Lipinski definition) is 5. The summed E-state index contributed by atoms with van der Waals surface area (Å²) in [5.74, 6) is 1.31. The van der Waals surface area contributed by atoms with E-state index in [1.807, 2.05) is 38.1 Å². The van der Waals surface area contributed by atoms with Crippen LogP contribution in [0.2, 0.25) is 0 Å². The smallest absolute Gasteiger partial charge is 0.409 e. The molecule has 1 aliphatic heterocycles. The highest BCUT2D eigenvalue weighted by Gasteiger charge is 2.23. The highest BCUT2D eigenvalue weighted by atomic mass is 127. The number of halogens is 1. The van der Waals surface area contributed by atoms with Gasteiger partial charge in [0.25, 0.3) is 0 Å². The maximum absolute atomic E-state index is 11.7. The maximum Gasteiger partial charge on any atom is 0.409 e. The van der Waals surface area contributed by atoms with Crippen LogP contribution in [0.15, 0.2) is 23.3 Å². The molecule has 1 saturated heterocycles. The number of amides is 1. The van der Waals surface area contributed by atoms with Crippen molar-refractivity contribution in [3.05, 3.63) is 23.9 Å². The highest BCUT2D eigenvalue weighted by molar-refractivity contribution is 14.0. The fourth-order valence-corrected chi connectivity index (χ4v) is 2.80. The van der Waals surface area contributed by atoms with Crippen molar-refractivity contribution in [2.24, 2.45) is 10.7 Å². The number of nitrogens with zero attached hydrogens (tertiary/aromatic N) is 4. The minimum Gasteiger partial charge on any atom is -0.450 e. The third-order valence-electron chi connectivity index (χ3n) is 4.08. The average molecular weight is 476 g/mol. The van der Waals surface area contributed by atoms with Gasteiger partial charge in [0.1, 0.15) is 5.82 Å². The Balaban J connectivity index is 0.00000338. The van der Waals surface area contributed by atoms with Crippen molar-refractivity contribution >= 4 is 41.8 Å². The van der Waals surface area contributed by atoms with Gasteiger partial charge >= 0.3 is 6.09 Å². The first kappa shape index (κ1) is 22.3. The first-order valence-electron chi connectivity index (χ1n) is 8.60. The van der Waals surface area contributed by atoms with E-state index < -0.39 is 0 Å². The average Bonchev–Trinajstić information content (AvgIpc) is 2.61. The second-order valence-electron chi connectivity index (χ2n) is 6.19. The molecule has 8 nitrogen and oxygen atoms in total. The first-order valence-corrected chi connectivity index (χ1v) is 8.60. The fourth-order valence-electron chi connectivity index (χ4n) is 2.80. The number of carbonyl (C=O) groups is 1. The van der Waals surface area contributed by atoms with Gasteiger partial charge in [0.15, 0.2) is 5.96 Å². The molecule has 0 atom stereocenters. The number of aromatic nitrogens is 1. The first-order chi connectivity index (χ1) is 12.0. The minimum absolute atomic E-state index is 0. The zero-order valence-corrected chi connectivity index (χ0v) is 18.0. The quantitative estimate of drug-likeness (QED) is 0.382. The molecule has 0 saturated carbocycles. The van der Waals surface area contributed by atoms with E-state index in [1.54, 1.807) is 11.1 Å². The summed E-state index contributed by atoms with van der Waals surface area (Å²) in [5.41, 5.74) is 7.04. The van der Waals surface area contributed by atoms with Gasteiger partial charge in [-0.3, -0.25) is 0 Å². The molecule has 1 fully saturated rings. The lowest BCUT2D eigenvalue weighted by molar-refractivity contribution is 0.0963. The van der Waals surface area contributed by atoms with Crippen molar-refractivity contribution < 1.29 is 9.53 Å².